The molecule has 0 unspecified atom stereocenters. The van der Waals surface area contributed by atoms with Crippen molar-refractivity contribution in [2.24, 2.45) is 0 Å². The molecule has 0 bridgehead atoms. The van der Waals surface area contributed by atoms with Crippen LogP contribution in [0, 0.1) is 6.92 Å². The van der Waals surface area contributed by atoms with Crippen LogP contribution in [0.3, 0.4) is 0 Å². The first-order valence-corrected chi connectivity index (χ1v) is 6.17. The van der Waals surface area contributed by atoms with E-state index in [1.54, 1.807) is 19.1 Å². The lowest BCUT2D eigenvalue weighted by molar-refractivity contribution is -0.303. The van der Waals surface area contributed by atoms with Gasteiger partial charge >= 0.3 is 0 Å². The fourth-order valence-corrected chi connectivity index (χ4v) is 2.10. The number of para-hydroxylation sites is 1. The molecule has 0 aliphatic rings. The number of nitrogens with zero attached hydrogens (tertiary/aromatic N) is 2. The second-order valence-corrected chi connectivity index (χ2v) is 4.41. The fraction of sp³-hybridized carbons (Fsp3) is 0.154. The Morgan fingerprint density at radius 3 is 2.60 bits per heavy atom. The highest BCUT2D eigenvalue weighted by atomic mass is 35.5. The molecule has 1 aromatic carbocycles. The van der Waals surface area contributed by atoms with Crippen molar-refractivity contribution >= 4 is 23.5 Å². The van der Waals surface area contributed by atoms with E-state index in [2.05, 4.69) is 10.4 Å². The molecule has 104 valence electrons. The summed E-state index contributed by atoms with van der Waals surface area (Å²) < 4.78 is 1.42. The normalized spacial score (nSPS) is 10.3. The van der Waals surface area contributed by atoms with Gasteiger partial charge in [0, 0.05) is 0 Å². The highest BCUT2D eigenvalue weighted by molar-refractivity contribution is 6.33. The number of aromatic nitrogens is 2. The standard InChI is InChI=1S/C13H12ClN3O3/c1-8-11(13(20)15-7-10(18)19)12(14)17(16-8)9-5-3-2-4-6-9/h2-6H,7H2,1H3,(H,15,20)(H,18,19)/p-1. The molecule has 0 aliphatic heterocycles. The fourth-order valence-electron chi connectivity index (χ4n) is 1.74. The van der Waals surface area contributed by atoms with Crippen molar-refractivity contribution in [2.45, 2.75) is 6.92 Å². The zero-order valence-corrected chi connectivity index (χ0v) is 11.3. The maximum Gasteiger partial charge on any atom is 0.256 e. The van der Waals surface area contributed by atoms with Gasteiger partial charge in [-0.3, -0.25) is 4.79 Å². The Balaban J connectivity index is 2.34. The van der Waals surface area contributed by atoms with Crippen molar-refractivity contribution in [3.8, 4) is 5.69 Å². The number of carboxylic acid groups (broad SMARTS) is 1. The van der Waals surface area contributed by atoms with Gasteiger partial charge in [-0.05, 0) is 19.1 Å². The average molecular weight is 293 g/mol. The summed E-state index contributed by atoms with van der Waals surface area (Å²) in [5, 5.41) is 16.9. The molecule has 0 atom stereocenters. The number of benzene rings is 1. The van der Waals surface area contributed by atoms with Crippen LogP contribution in [0.2, 0.25) is 5.15 Å². The molecule has 0 aliphatic carbocycles. The molecule has 0 saturated heterocycles. The van der Waals surface area contributed by atoms with Crippen molar-refractivity contribution in [2.75, 3.05) is 6.54 Å². The van der Waals surface area contributed by atoms with Gasteiger partial charge in [-0.25, -0.2) is 4.68 Å². The predicted molar refractivity (Wildman–Crippen MR) is 70.7 cm³/mol. The van der Waals surface area contributed by atoms with Gasteiger partial charge in [-0.2, -0.15) is 5.10 Å². The highest BCUT2D eigenvalue weighted by Crippen LogP contribution is 2.23. The third-order valence-electron chi connectivity index (χ3n) is 2.63. The van der Waals surface area contributed by atoms with Gasteiger partial charge in [0.25, 0.3) is 5.91 Å². The largest absolute Gasteiger partial charge is 0.548 e. The average Bonchev–Trinajstić information content (AvgIpc) is 2.72. The number of halogens is 1. The lowest BCUT2D eigenvalue weighted by Crippen LogP contribution is -2.37. The van der Waals surface area contributed by atoms with Gasteiger partial charge in [-0.1, -0.05) is 29.8 Å². The maximum atomic E-state index is 11.9. The number of hydrogen-bond donors (Lipinski definition) is 1. The molecule has 0 spiro atoms. The van der Waals surface area contributed by atoms with E-state index < -0.39 is 18.4 Å². The van der Waals surface area contributed by atoms with Gasteiger partial charge < -0.3 is 15.2 Å². The quantitative estimate of drug-likeness (QED) is 0.879. The minimum atomic E-state index is -1.37. The Hall–Kier alpha value is -2.34. The molecule has 0 saturated carbocycles. The van der Waals surface area contributed by atoms with E-state index in [9.17, 15) is 14.7 Å². The minimum Gasteiger partial charge on any atom is -0.548 e. The first-order valence-electron chi connectivity index (χ1n) is 5.79. The van der Waals surface area contributed by atoms with E-state index in [4.69, 9.17) is 11.6 Å². The smallest absolute Gasteiger partial charge is 0.256 e. The lowest BCUT2D eigenvalue weighted by atomic mass is 10.2. The zero-order valence-electron chi connectivity index (χ0n) is 10.6. The summed E-state index contributed by atoms with van der Waals surface area (Å²) in [6, 6.07) is 9.07. The molecule has 0 radical (unpaired) electrons. The second kappa shape index (κ2) is 5.75. The van der Waals surface area contributed by atoms with Crippen molar-refractivity contribution in [3.63, 3.8) is 0 Å². The summed E-state index contributed by atoms with van der Waals surface area (Å²) in [6.07, 6.45) is 0. The molecular weight excluding hydrogens is 282 g/mol. The highest BCUT2D eigenvalue weighted by Gasteiger charge is 2.20. The van der Waals surface area contributed by atoms with Crippen LogP contribution in [0.5, 0.6) is 0 Å². The van der Waals surface area contributed by atoms with Crippen LogP contribution < -0.4 is 10.4 Å². The Labute approximate surface area is 120 Å². The molecule has 20 heavy (non-hydrogen) atoms. The van der Waals surface area contributed by atoms with Crippen molar-refractivity contribution in [1.82, 2.24) is 15.1 Å². The van der Waals surface area contributed by atoms with Crippen LogP contribution in [-0.2, 0) is 4.79 Å². The predicted octanol–water partition coefficient (Wildman–Crippen LogP) is 0.314. The van der Waals surface area contributed by atoms with Crippen LogP contribution in [0.1, 0.15) is 16.1 Å². The molecule has 1 amide bonds. The maximum absolute atomic E-state index is 11.9. The molecular formula is C13H11ClN3O3-. The summed E-state index contributed by atoms with van der Waals surface area (Å²) in [5.41, 5.74) is 1.27. The number of nitrogens with one attached hydrogen (secondary N) is 1. The Kier molecular flexibility index (Phi) is 4.05. The minimum absolute atomic E-state index is 0.129. The molecule has 7 heteroatoms. The van der Waals surface area contributed by atoms with Crippen LogP contribution in [0.25, 0.3) is 5.69 Å². The lowest BCUT2D eigenvalue weighted by Gasteiger charge is -2.06. The number of carbonyl (C=O) groups excluding carboxylic acids is 2. The van der Waals surface area contributed by atoms with Crippen molar-refractivity contribution in [3.05, 3.63) is 46.7 Å². The Morgan fingerprint density at radius 2 is 2.00 bits per heavy atom. The number of carbonyl (C=O) groups is 2. The molecule has 1 N–H and O–H groups in total. The summed E-state index contributed by atoms with van der Waals surface area (Å²) in [6.45, 7) is 1.05. The Bertz CT molecular complexity index is 652. The monoisotopic (exact) mass is 292 g/mol. The third kappa shape index (κ3) is 2.80. The first-order chi connectivity index (χ1) is 9.50. The molecule has 2 rings (SSSR count). The third-order valence-corrected chi connectivity index (χ3v) is 2.97. The van der Waals surface area contributed by atoms with Gasteiger partial charge in [-0.15, -0.1) is 0 Å². The number of aliphatic carboxylic acids is 1. The molecule has 1 aromatic heterocycles. The topological polar surface area (TPSA) is 87.0 Å². The van der Waals surface area contributed by atoms with Gasteiger partial charge in [0.05, 0.1) is 29.5 Å². The van der Waals surface area contributed by atoms with Crippen LogP contribution in [0.4, 0.5) is 0 Å². The Morgan fingerprint density at radius 1 is 1.35 bits per heavy atom. The number of hydrogen-bond acceptors (Lipinski definition) is 4. The van der Waals surface area contributed by atoms with Crippen molar-refractivity contribution < 1.29 is 14.7 Å². The zero-order chi connectivity index (χ0) is 14.7. The number of rotatable bonds is 4. The number of amides is 1. The van der Waals surface area contributed by atoms with Gasteiger partial charge in [0.2, 0.25) is 0 Å². The molecule has 1 heterocycles. The number of aryl methyl sites for hydroxylation is 1. The first kappa shape index (κ1) is 14.1. The number of carboxylic acids is 1. The van der Waals surface area contributed by atoms with Crippen LogP contribution in [-0.4, -0.2) is 28.2 Å². The van der Waals surface area contributed by atoms with E-state index in [1.807, 2.05) is 18.2 Å². The van der Waals surface area contributed by atoms with E-state index in [0.29, 0.717) is 11.4 Å². The van der Waals surface area contributed by atoms with Crippen molar-refractivity contribution in [1.29, 1.82) is 0 Å². The van der Waals surface area contributed by atoms with Crippen LogP contribution in [0.15, 0.2) is 30.3 Å². The van der Waals surface area contributed by atoms with E-state index >= 15 is 0 Å². The van der Waals surface area contributed by atoms with E-state index in [1.165, 1.54) is 4.68 Å². The second-order valence-electron chi connectivity index (χ2n) is 4.05. The summed E-state index contributed by atoms with van der Waals surface area (Å²) in [4.78, 5) is 22.2. The summed E-state index contributed by atoms with van der Waals surface area (Å²) >= 11 is 6.15. The van der Waals surface area contributed by atoms with Crippen LogP contribution >= 0.6 is 11.6 Å². The molecule has 6 nitrogen and oxygen atoms in total. The van der Waals surface area contributed by atoms with E-state index in [0.717, 1.165) is 0 Å². The van der Waals surface area contributed by atoms with E-state index in [-0.39, 0.29) is 10.7 Å². The van der Waals surface area contributed by atoms with Gasteiger partial charge in [0.1, 0.15) is 5.15 Å². The molecule has 2 aromatic rings. The molecule has 0 fully saturated rings. The van der Waals surface area contributed by atoms with Gasteiger partial charge in [0.15, 0.2) is 0 Å². The summed E-state index contributed by atoms with van der Waals surface area (Å²) in [7, 11) is 0. The summed E-state index contributed by atoms with van der Waals surface area (Å²) in [5.74, 6) is -1.97. The SMILES string of the molecule is Cc1nn(-c2ccccc2)c(Cl)c1C(=O)NCC(=O)[O-].